The van der Waals surface area contributed by atoms with Crippen LogP contribution in [0.3, 0.4) is 0 Å². The van der Waals surface area contributed by atoms with E-state index < -0.39 is 0 Å². The van der Waals surface area contributed by atoms with Crippen molar-refractivity contribution < 1.29 is 0 Å². The molecule has 0 aliphatic carbocycles. The summed E-state index contributed by atoms with van der Waals surface area (Å²) in [7, 11) is 0. The summed E-state index contributed by atoms with van der Waals surface area (Å²) < 4.78 is 0. The van der Waals surface area contributed by atoms with E-state index >= 15 is 0 Å². The Morgan fingerprint density at radius 3 is 2.79 bits per heavy atom. The predicted octanol–water partition coefficient (Wildman–Crippen LogP) is -0.191. The Kier molecular flexibility index (Phi) is 1.94. The van der Waals surface area contributed by atoms with E-state index in [0.29, 0.717) is 11.4 Å². The molecule has 0 spiro atoms. The largest absolute Gasteiger partial charge is 0.369 e. The van der Waals surface area contributed by atoms with Gasteiger partial charge in [-0.15, -0.1) is 0 Å². The maximum atomic E-state index is 11.1. The summed E-state index contributed by atoms with van der Waals surface area (Å²) in [4.78, 5) is 25.2. The molecule has 0 bridgehead atoms. The van der Waals surface area contributed by atoms with Gasteiger partial charge < -0.3 is 5.73 Å². The van der Waals surface area contributed by atoms with Crippen molar-refractivity contribution in [3.05, 3.63) is 35.0 Å². The van der Waals surface area contributed by atoms with Crippen molar-refractivity contribution in [3.8, 4) is 11.4 Å². The van der Waals surface area contributed by atoms with Crippen LogP contribution in [-0.4, -0.2) is 19.9 Å². The lowest BCUT2D eigenvalue weighted by atomic mass is 10.3. The number of nitrogen functional groups attached to an aromatic ring is 1. The fourth-order valence-electron chi connectivity index (χ4n) is 1.04. The average molecular weight is 189 g/mol. The number of H-pyrrole nitrogens is 1. The minimum absolute atomic E-state index is 0.0677. The van der Waals surface area contributed by atoms with Crippen LogP contribution in [0.2, 0.25) is 0 Å². The summed E-state index contributed by atoms with van der Waals surface area (Å²) in [6, 6.07) is 1.32. The van der Waals surface area contributed by atoms with E-state index in [4.69, 9.17) is 5.73 Å². The highest BCUT2D eigenvalue weighted by molar-refractivity contribution is 5.52. The van der Waals surface area contributed by atoms with Crippen molar-refractivity contribution in [2.75, 3.05) is 5.73 Å². The zero-order valence-corrected chi connectivity index (χ0v) is 7.14. The Labute approximate surface area is 78.9 Å². The van der Waals surface area contributed by atoms with Crippen LogP contribution in [0, 0.1) is 0 Å². The number of rotatable bonds is 1. The minimum atomic E-state index is -0.307. The van der Waals surface area contributed by atoms with E-state index in [1.54, 1.807) is 6.20 Å². The third kappa shape index (κ3) is 1.58. The van der Waals surface area contributed by atoms with Gasteiger partial charge in [-0.2, -0.15) is 0 Å². The van der Waals surface area contributed by atoms with Crippen molar-refractivity contribution in [1.29, 1.82) is 0 Å². The van der Waals surface area contributed by atoms with Crippen LogP contribution in [0.1, 0.15) is 0 Å². The Hall–Kier alpha value is -2.24. The zero-order valence-electron chi connectivity index (χ0n) is 7.14. The van der Waals surface area contributed by atoms with Crippen LogP contribution in [0.5, 0.6) is 0 Å². The van der Waals surface area contributed by atoms with Crippen LogP contribution in [0.15, 0.2) is 29.5 Å². The monoisotopic (exact) mass is 189 g/mol. The van der Waals surface area contributed by atoms with Gasteiger partial charge in [0.2, 0.25) is 5.95 Å². The summed E-state index contributed by atoms with van der Waals surface area (Å²) in [6.45, 7) is 0. The Morgan fingerprint density at radius 2 is 2.14 bits per heavy atom. The fraction of sp³-hybridized carbons (Fsp3) is 0. The molecule has 0 fully saturated rings. The molecule has 2 heterocycles. The summed E-state index contributed by atoms with van der Waals surface area (Å²) in [5.41, 5.74) is 6.01. The normalized spacial score (nSPS) is 10.0. The first-order valence-corrected chi connectivity index (χ1v) is 3.89. The minimum Gasteiger partial charge on any atom is -0.369 e. The van der Waals surface area contributed by atoms with Gasteiger partial charge in [0.05, 0.1) is 11.9 Å². The van der Waals surface area contributed by atoms with Gasteiger partial charge in [-0.3, -0.25) is 19.7 Å². The van der Waals surface area contributed by atoms with E-state index in [9.17, 15) is 4.79 Å². The number of aromatic nitrogens is 4. The predicted molar refractivity (Wildman–Crippen MR) is 50.3 cm³/mol. The Balaban J connectivity index is 2.58. The van der Waals surface area contributed by atoms with Crippen molar-refractivity contribution in [1.82, 2.24) is 19.9 Å². The number of nitrogens with one attached hydrogen (secondary N) is 1. The van der Waals surface area contributed by atoms with Gasteiger partial charge in [0.15, 0.2) is 0 Å². The Morgan fingerprint density at radius 1 is 1.29 bits per heavy atom. The highest BCUT2D eigenvalue weighted by Gasteiger charge is 2.02. The number of hydrogen-bond acceptors (Lipinski definition) is 5. The molecule has 3 N–H and O–H groups in total. The summed E-state index contributed by atoms with van der Waals surface area (Å²) in [5.74, 6) is 0.0677. The molecular formula is C8H7N5O. The molecule has 2 rings (SSSR count). The summed E-state index contributed by atoms with van der Waals surface area (Å²) in [5, 5.41) is 0. The number of anilines is 1. The van der Waals surface area contributed by atoms with Gasteiger partial charge >= 0.3 is 0 Å². The molecule has 6 nitrogen and oxygen atoms in total. The van der Waals surface area contributed by atoms with Crippen LogP contribution in [0.4, 0.5) is 5.95 Å². The fourth-order valence-corrected chi connectivity index (χ4v) is 1.04. The molecule has 6 heteroatoms. The van der Waals surface area contributed by atoms with Gasteiger partial charge in [-0.05, 0) is 0 Å². The second kappa shape index (κ2) is 3.25. The van der Waals surface area contributed by atoms with Crippen LogP contribution >= 0.6 is 0 Å². The highest BCUT2D eigenvalue weighted by Crippen LogP contribution is 2.09. The average Bonchev–Trinajstić information content (AvgIpc) is 2.18. The Bertz CT molecular complexity index is 493. The third-order valence-corrected chi connectivity index (χ3v) is 1.59. The smallest absolute Gasteiger partial charge is 0.252 e. The first-order chi connectivity index (χ1) is 6.75. The van der Waals surface area contributed by atoms with Gasteiger partial charge in [0.1, 0.15) is 5.69 Å². The van der Waals surface area contributed by atoms with E-state index in [0.717, 1.165) is 0 Å². The van der Waals surface area contributed by atoms with Crippen molar-refractivity contribution in [2.24, 2.45) is 0 Å². The van der Waals surface area contributed by atoms with E-state index in [1.165, 1.54) is 18.5 Å². The maximum absolute atomic E-state index is 11.1. The van der Waals surface area contributed by atoms with E-state index in [2.05, 4.69) is 19.9 Å². The molecule has 0 aliphatic heterocycles. The first-order valence-electron chi connectivity index (χ1n) is 3.89. The molecule has 0 radical (unpaired) electrons. The maximum Gasteiger partial charge on any atom is 0.252 e. The first kappa shape index (κ1) is 8.36. The standard InChI is InChI=1S/C8H7N5O/c9-8-12-5(3-7(14)13-8)6-4-10-1-2-11-6/h1-4H,(H3,9,12,13,14). The number of nitrogens with two attached hydrogens (primary N) is 1. The summed E-state index contributed by atoms with van der Waals surface area (Å²) >= 11 is 0. The van der Waals surface area contributed by atoms with Gasteiger partial charge in [0, 0.05) is 18.5 Å². The lowest BCUT2D eigenvalue weighted by Gasteiger charge is -1.98. The lowest BCUT2D eigenvalue weighted by Crippen LogP contribution is -2.10. The molecule has 0 aromatic carbocycles. The molecular weight excluding hydrogens is 182 g/mol. The number of nitrogens with zero attached hydrogens (tertiary/aromatic N) is 3. The van der Waals surface area contributed by atoms with E-state index in [1.807, 2.05) is 0 Å². The van der Waals surface area contributed by atoms with Gasteiger partial charge in [-0.1, -0.05) is 0 Å². The molecule has 14 heavy (non-hydrogen) atoms. The van der Waals surface area contributed by atoms with Crippen LogP contribution < -0.4 is 11.3 Å². The van der Waals surface area contributed by atoms with Crippen molar-refractivity contribution in [3.63, 3.8) is 0 Å². The van der Waals surface area contributed by atoms with Gasteiger partial charge in [0.25, 0.3) is 5.56 Å². The van der Waals surface area contributed by atoms with Crippen molar-refractivity contribution >= 4 is 5.95 Å². The molecule has 0 saturated heterocycles. The molecule has 0 saturated carbocycles. The molecule has 0 aliphatic rings. The molecule has 2 aromatic rings. The van der Waals surface area contributed by atoms with Crippen LogP contribution in [0.25, 0.3) is 11.4 Å². The third-order valence-electron chi connectivity index (χ3n) is 1.59. The molecule has 2 aromatic heterocycles. The molecule has 0 unspecified atom stereocenters. The van der Waals surface area contributed by atoms with Crippen LogP contribution in [-0.2, 0) is 0 Å². The zero-order chi connectivity index (χ0) is 9.97. The quantitative estimate of drug-likeness (QED) is 0.647. The lowest BCUT2D eigenvalue weighted by molar-refractivity contribution is 1.11. The second-order valence-corrected chi connectivity index (χ2v) is 2.61. The summed E-state index contributed by atoms with van der Waals surface area (Å²) in [6.07, 6.45) is 4.58. The highest BCUT2D eigenvalue weighted by atomic mass is 16.1. The van der Waals surface area contributed by atoms with Crippen molar-refractivity contribution in [2.45, 2.75) is 0 Å². The molecule has 70 valence electrons. The number of hydrogen-bond donors (Lipinski definition) is 2. The second-order valence-electron chi connectivity index (χ2n) is 2.61. The molecule has 0 amide bonds. The topological polar surface area (TPSA) is 97.5 Å². The SMILES string of the molecule is Nc1nc(-c2cnccn2)cc(=O)[nH]1. The molecule has 0 atom stereocenters. The van der Waals surface area contributed by atoms with Gasteiger partial charge in [-0.25, -0.2) is 4.98 Å². The van der Waals surface area contributed by atoms with E-state index in [-0.39, 0.29) is 11.5 Å². The number of aromatic amines is 1.